The molecule has 0 aliphatic rings. The zero-order chi connectivity index (χ0) is 15.4. The first-order valence-corrected chi connectivity index (χ1v) is 6.99. The molecule has 21 heavy (non-hydrogen) atoms. The molecule has 0 saturated carbocycles. The topological polar surface area (TPSA) is 64.3 Å². The molecular formula is C16H20N2O3. The molecule has 1 heterocycles. The van der Waals surface area contributed by atoms with E-state index in [1.54, 1.807) is 13.0 Å². The van der Waals surface area contributed by atoms with Crippen LogP contribution in [0.15, 0.2) is 35.1 Å². The summed E-state index contributed by atoms with van der Waals surface area (Å²) in [7, 11) is 0. The van der Waals surface area contributed by atoms with Gasteiger partial charge in [0.2, 0.25) is 0 Å². The van der Waals surface area contributed by atoms with Gasteiger partial charge in [0.25, 0.3) is 5.56 Å². The summed E-state index contributed by atoms with van der Waals surface area (Å²) < 4.78 is 6.99. The lowest BCUT2D eigenvalue weighted by molar-refractivity contribution is 0.199. The first-order valence-electron chi connectivity index (χ1n) is 6.99. The van der Waals surface area contributed by atoms with Crippen molar-refractivity contribution in [2.75, 3.05) is 6.61 Å². The minimum atomic E-state index is -0.568. The monoisotopic (exact) mass is 288 g/mol. The highest BCUT2D eigenvalue weighted by Gasteiger charge is 2.10. The maximum atomic E-state index is 11.9. The smallest absolute Gasteiger partial charge is 0.267 e. The fraction of sp³-hybridized carbons (Fsp3) is 0.375. The number of ether oxygens (including phenoxy) is 1. The molecule has 112 valence electrons. The van der Waals surface area contributed by atoms with Gasteiger partial charge in [-0.3, -0.25) is 4.79 Å². The summed E-state index contributed by atoms with van der Waals surface area (Å²) in [5, 5.41) is 13.9. The molecule has 1 aromatic carbocycles. The third-order valence-corrected chi connectivity index (χ3v) is 3.19. The minimum absolute atomic E-state index is 0.162. The number of hydrogen-bond acceptors (Lipinski definition) is 4. The first kappa shape index (κ1) is 15.3. The lowest BCUT2D eigenvalue weighted by atomic mass is 10.1. The number of aliphatic hydroxyl groups is 1. The summed E-state index contributed by atoms with van der Waals surface area (Å²) in [6, 6.07) is 8.69. The summed E-state index contributed by atoms with van der Waals surface area (Å²) in [4.78, 5) is 11.9. The van der Waals surface area contributed by atoms with Crippen molar-refractivity contribution in [3.05, 3.63) is 57.5 Å². The Bertz CT molecular complexity index is 677. The molecule has 0 saturated heterocycles. The number of rotatable bonds is 5. The second kappa shape index (κ2) is 6.54. The van der Waals surface area contributed by atoms with Crippen molar-refractivity contribution in [3.63, 3.8) is 0 Å². The molecule has 0 fully saturated rings. The van der Waals surface area contributed by atoms with Gasteiger partial charge in [0.05, 0.1) is 24.9 Å². The quantitative estimate of drug-likeness (QED) is 0.914. The maximum absolute atomic E-state index is 11.9. The molecule has 2 rings (SSSR count). The van der Waals surface area contributed by atoms with Crippen LogP contribution >= 0.6 is 0 Å². The summed E-state index contributed by atoms with van der Waals surface area (Å²) in [5.74, 6) is 0.706. The second-order valence-corrected chi connectivity index (χ2v) is 4.95. The van der Waals surface area contributed by atoms with Gasteiger partial charge in [-0.15, -0.1) is 0 Å². The van der Waals surface area contributed by atoms with Crippen LogP contribution in [0.25, 0.3) is 0 Å². The standard InChI is InChI=1S/C16H20N2O3/c1-4-21-15-7-6-13(12(3)19)9-14(15)10-18-16(20)8-5-11(2)17-18/h5-9,12,19H,4,10H2,1-3H3. The van der Waals surface area contributed by atoms with Gasteiger partial charge in [-0.25, -0.2) is 4.68 Å². The number of hydrogen-bond donors (Lipinski definition) is 1. The number of aromatic nitrogens is 2. The second-order valence-electron chi connectivity index (χ2n) is 4.95. The van der Waals surface area contributed by atoms with E-state index in [9.17, 15) is 9.90 Å². The van der Waals surface area contributed by atoms with Crippen LogP contribution in [0, 0.1) is 6.92 Å². The van der Waals surface area contributed by atoms with Crippen LogP contribution in [-0.4, -0.2) is 21.5 Å². The molecule has 0 spiro atoms. The van der Waals surface area contributed by atoms with Crippen LogP contribution in [0.3, 0.4) is 0 Å². The minimum Gasteiger partial charge on any atom is -0.494 e. The summed E-state index contributed by atoms with van der Waals surface area (Å²) in [6.07, 6.45) is -0.568. The average Bonchev–Trinajstić information content (AvgIpc) is 2.44. The molecule has 2 aromatic rings. The van der Waals surface area contributed by atoms with Crippen LogP contribution < -0.4 is 10.3 Å². The number of nitrogens with zero attached hydrogens (tertiary/aromatic N) is 2. The molecule has 1 unspecified atom stereocenters. The van der Waals surface area contributed by atoms with E-state index in [4.69, 9.17) is 4.74 Å². The molecule has 0 aliphatic heterocycles. The third kappa shape index (κ3) is 3.70. The fourth-order valence-electron chi connectivity index (χ4n) is 2.10. The van der Waals surface area contributed by atoms with E-state index in [2.05, 4.69) is 5.10 Å². The maximum Gasteiger partial charge on any atom is 0.267 e. The molecule has 0 radical (unpaired) electrons. The van der Waals surface area contributed by atoms with Gasteiger partial charge < -0.3 is 9.84 Å². The largest absolute Gasteiger partial charge is 0.494 e. The Morgan fingerprint density at radius 3 is 2.76 bits per heavy atom. The van der Waals surface area contributed by atoms with Gasteiger partial charge in [-0.05, 0) is 44.5 Å². The Kier molecular flexibility index (Phi) is 4.75. The summed E-state index contributed by atoms with van der Waals surface area (Å²) in [5.41, 5.74) is 2.23. The molecule has 1 atom stereocenters. The van der Waals surface area contributed by atoms with Gasteiger partial charge in [0, 0.05) is 11.6 Å². The van der Waals surface area contributed by atoms with Crippen LogP contribution in [-0.2, 0) is 6.54 Å². The highest BCUT2D eigenvalue weighted by molar-refractivity contribution is 5.38. The van der Waals surface area contributed by atoms with Gasteiger partial charge in [0.15, 0.2) is 0 Å². The molecule has 0 aliphatic carbocycles. The van der Waals surface area contributed by atoms with E-state index in [-0.39, 0.29) is 5.56 Å². The lowest BCUT2D eigenvalue weighted by Crippen LogP contribution is -2.23. The van der Waals surface area contributed by atoms with Crippen molar-refractivity contribution in [2.45, 2.75) is 33.4 Å². The number of aryl methyl sites for hydroxylation is 1. The van der Waals surface area contributed by atoms with E-state index in [1.165, 1.54) is 10.7 Å². The van der Waals surface area contributed by atoms with Crippen LogP contribution in [0.4, 0.5) is 0 Å². The molecule has 1 aromatic heterocycles. The van der Waals surface area contributed by atoms with Crippen LogP contribution in [0.2, 0.25) is 0 Å². The van der Waals surface area contributed by atoms with Crippen molar-refractivity contribution < 1.29 is 9.84 Å². The molecule has 5 nitrogen and oxygen atoms in total. The molecule has 5 heteroatoms. The molecule has 0 amide bonds. The predicted octanol–water partition coefficient (Wildman–Crippen LogP) is 2.05. The third-order valence-electron chi connectivity index (χ3n) is 3.19. The van der Waals surface area contributed by atoms with Gasteiger partial charge >= 0.3 is 0 Å². The van der Waals surface area contributed by atoms with Crippen LogP contribution in [0.1, 0.15) is 36.8 Å². The average molecular weight is 288 g/mol. The van der Waals surface area contributed by atoms with Gasteiger partial charge in [-0.1, -0.05) is 6.07 Å². The Morgan fingerprint density at radius 1 is 1.33 bits per heavy atom. The highest BCUT2D eigenvalue weighted by Crippen LogP contribution is 2.24. The van der Waals surface area contributed by atoms with Crippen molar-refractivity contribution in [1.29, 1.82) is 0 Å². The lowest BCUT2D eigenvalue weighted by Gasteiger charge is -2.14. The van der Waals surface area contributed by atoms with E-state index < -0.39 is 6.10 Å². The van der Waals surface area contributed by atoms with E-state index in [1.807, 2.05) is 32.0 Å². The molecular weight excluding hydrogens is 268 g/mol. The highest BCUT2D eigenvalue weighted by atomic mass is 16.5. The predicted molar refractivity (Wildman–Crippen MR) is 80.6 cm³/mol. The summed E-state index contributed by atoms with van der Waals surface area (Å²) >= 11 is 0. The SMILES string of the molecule is CCOc1ccc(C(C)O)cc1Cn1nc(C)ccc1=O. The van der Waals surface area contributed by atoms with Crippen molar-refractivity contribution in [1.82, 2.24) is 9.78 Å². The van der Waals surface area contributed by atoms with E-state index in [0.717, 1.165) is 16.8 Å². The first-order chi connectivity index (χ1) is 10.0. The zero-order valence-corrected chi connectivity index (χ0v) is 12.5. The van der Waals surface area contributed by atoms with Crippen molar-refractivity contribution in [2.24, 2.45) is 0 Å². The van der Waals surface area contributed by atoms with Crippen LogP contribution in [0.5, 0.6) is 5.75 Å². The van der Waals surface area contributed by atoms with E-state index in [0.29, 0.717) is 18.9 Å². The van der Waals surface area contributed by atoms with Crippen molar-refractivity contribution in [3.8, 4) is 5.75 Å². The fourth-order valence-corrected chi connectivity index (χ4v) is 2.10. The Labute approximate surface area is 123 Å². The zero-order valence-electron chi connectivity index (χ0n) is 12.5. The Morgan fingerprint density at radius 2 is 2.10 bits per heavy atom. The van der Waals surface area contributed by atoms with Gasteiger partial charge in [0.1, 0.15) is 5.75 Å². The number of benzene rings is 1. The molecule has 0 bridgehead atoms. The number of aliphatic hydroxyl groups excluding tert-OH is 1. The summed E-state index contributed by atoms with van der Waals surface area (Å²) in [6.45, 7) is 6.30. The van der Waals surface area contributed by atoms with Crippen molar-refractivity contribution >= 4 is 0 Å². The Hall–Kier alpha value is -2.14. The normalized spacial score (nSPS) is 12.2. The molecule has 1 N–H and O–H groups in total. The Balaban J connectivity index is 2.42. The van der Waals surface area contributed by atoms with E-state index >= 15 is 0 Å². The van der Waals surface area contributed by atoms with Gasteiger partial charge in [-0.2, -0.15) is 5.10 Å².